The van der Waals surface area contributed by atoms with Crippen molar-refractivity contribution in [2.24, 2.45) is 11.7 Å². The molecule has 5 nitrogen and oxygen atoms in total. The fourth-order valence-corrected chi connectivity index (χ4v) is 1.90. The van der Waals surface area contributed by atoms with Gasteiger partial charge in [-0.15, -0.1) is 0 Å². The average molecular weight is 275 g/mol. The number of benzene rings is 1. The Hall–Kier alpha value is -1.88. The summed E-state index contributed by atoms with van der Waals surface area (Å²) in [5.41, 5.74) is 7.18. The molecule has 1 aromatic rings. The number of rotatable bonds is 6. The van der Waals surface area contributed by atoms with Crippen LogP contribution in [-0.4, -0.2) is 17.9 Å². The molecule has 0 spiro atoms. The third kappa shape index (κ3) is 4.06. The summed E-state index contributed by atoms with van der Waals surface area (Å²) in [6.45, 7) is 1.99. The molecule has 0 heterocycles. The Labute approximate surface area is 118 Å². The quantitative estimate of drug-likeness (QED) is 0.743. The molecule has 20 heavy (non-hydrogen) atoms. The van der Waals surface area contributed by atoms with Gasteiger partial charge in [-0.25, -0.2) is 0 Å². The summed E-state index contributed by atoms with van der Waals surface area (Å²) in [6.07, 6.45) is 3.51. The minimum atomic E-state index is -0.478. The van der Waals surface area contributed by atoms with Gasteiger partial charge in [0.2, 0.25) is 11.8 Å². The Balaban J connectivity index is 1.87. The van der Waals surface area contributed by atoms with Gasteiger partial charge < -0.3 is 16.4 Å². The largest absolute Gasteiger partial charge is 0.326 e. The van der Waals surface area contributed by atoms with Crippen molar-refractivity contribution in [2.75, 3.05) is 10.6 Å². The number of nitrogens with one attached hydrogen (secondary N) is 2. The van der Waals surface area contributed by atoms with Crippen LogP contribution in [0, 0.1) is 5.92 Å². The van der Waals surface area contributed by atoms with Crippen LogP contribution in [0.4, 0.5) is 11.4 Å². The first-order valence-electron chi connectivity index (χ1n) is 7.07. The van der Waals surface area contributed by atoms with Crippen LogP contribution in [0.5, 0.6) is 0 Å². The highest BCUT2D eigenvalue weighted by atomic mass is 16.2. The van der Waals surface area contributed by atoms with Gasteiger partial charge in [-0.3, -0.25) is 9.59 Å². The molecular weight excluding hydrogens is 254 g/mol. The number of hydrogen-bond acceptors (Lipinski definition) is 3. The lowest BCUT2D eigenvalue weighted by molar-refractivity contribution is -0.118. The number of nitrogens with two attached hydrogens (primary N) is 1. The highest BCUT2D eigenvalue weighted by Gasteiger charge is 2.29. The molecule has 1 fully saturated rings. The van der Waals surface area contributed by atoms with Gasteiger partial charge >= 0.3 is 0 Å². The number of carbonyl (C=O) groups excluding carboxylic acids is 2. The van der Waals surface area contributed by atoms with E-state index in [-0.39, 0.29) is 17.7 Å². The van der Waals surface area contributed by atoms with Gasteiger partial charge in [-0.1, -0.05) is 13.3 Å². The zero-order valence-electron chi connectivity index (χ0n) is 11.7. The van der Waals surface area contributed by atoms with E-state index in [2.05, 4.69) is 10.6 Å². The van der Waals surface area contributed by atoms with Crippen LogP contribution in [0.2, 0.25) is 0 Å². The van der Waals surface area contributed by atoms with Gasteiger partial charge in [-0.05, 0) is 43.5 Å². The molecule has 4 N–H and O–H groups in total. The van der Waals surface area contributed by atoms with E-state index < -0.39 is 6.04 Å². The summed E-state index contributed by atoms with van der Waals surface area (Å²) in [7, 11) is 0. The lowest BCUT2D eigenvalue weighted by atomic mass is 10.1. The van der Waals surface area contributed by atoms with Crippen LogP contribution in [0.25, 0.3) is 0 Å². The van der Waals surface area contributed by atoms with E-state index in [0.29, 0.717) is 12.1 Å². The Bertz CT molecular complexity index is 480. The second-order valence-corrected chi connectivity index (χ2v) is 5.23. The summed E-state index contributed by atoms with van der Waals surface area (Å²) in [5, 5.41) is 5.62. The average Bonchev–Trinajstić information content (AvgIpc) is 3.25. The van der Waals surface area contributed by atoms with Crippen LogP contribution < -0.4 is 16.4 Å². The molecule has 0 aliphatic heterocycles. The summed E-state index contributed by atoms with van der Waals surface area (Å²) < 4.78 is 0. The lowest BCUT2D eigenvalue weighted by Gasteiger charge is -2.11. The highest BCUT2D eigenvalue weighted by molar-refractivity contribution is 5.96. The molecule has 1 saturated carbocycles. The topological polar surface area (TPSA) is 84.2 Å². The zero-order valence-corrected chi connectivity index (χ0v) is 11.7. The predicted molar refractivity (Wildman–Crippen MR) is 79.3 cm³/mol. The molecule has 1 atom stereocenters. The normalized spacial score (nSPS) is 15.5. The van der Waals surface area contributed by atoms with Crippen LogP contribution in [0.3, 0.4) is 0 Å². The maximum Gasteiger partial charge on any atom is 0.241 e. The van der Waals surface area contributed by atoms with Crippen LogP contribution >= 0.6 is 0 Å². The Morgan fingerprint density at radius 2 is 1.75 bits per heavy atom. The molecule has 2 amide bonds. The first-order chi connectivity index (χ1) is 9.60. The van der Waals surface area contributed by atoms with Gasteiger partial charge in [0.1, 0.15) is 0 Å². The Morgan fingerprint density at radius 1 is 1.20 bits per heavy atom. The molecule has 0 aromatic heterocycles. The molecule has 0 unspecified atom stereocenters. The summed E-state index contributed by atoms with van der Waals surface area (Å²) in [6, 6.07) is 6.61. The zero-order chi connectivity index (χ0) is 14.5. The SMILES string of the molecule is CCC[C@H](N)C(=O)Nc1ccc(NC(=O)C2CC2)cc1. The fourth-order valence-electron chi connectivity index (χ4n) is 1.90. The predicted octanol–water partition coefficient (Wildman–Crippen LogP) is 2.10. The van der Waals surface area contributed by atoms with E-state index in [1.807, 2.05) is 6.92 Å². The van der Waals surface area contributed by atoms with E-state index in [9.17, 15) is 9.59 Å². The molecular formula is C15H21N3O2. The first-order valence-corrected chi connectivity index (χ1v) is 7.07. The van der Waals surface area contributed by atoms with Crippen LogP contribution in [-0.2, 0) is 9.59 Å². The fraction of sp³-hybridized carbons (Fsp3) is 0.467. The van der Waals surface area contributed by atoms with Crippen molar-refractivity contribution in [3.8, 4) is 0 Å². The summed E-state index contributed by atoms with van der Waals surface area (Å²) in [4.78, 5) is 23.4. The van der Waals surface area contributed by atoms with Gasteiger partial charge in [-0.2, -0.15) is 0 Å². The number of carbonyl (C=O) groups is 2. The minimum Gasteiger partial charge on any atom is -0.326 e. The Morgan fingerprint density at radius 3 is 2.25 bits per heavy atom. The number of amides is 2. The molecule has 1 aliphatic rings. The Kier molecular flexibility index (Phi) is 4.74. The minimum absolute atomic E-state index is 0.0757. The molecule has 5 heteroatoms. The van der Waals surface area contributed by atoms with Gasteiger partial charge in [0.05, 0.1) is 6.04 Å². The van der Waals surface area contributed by atoms with Gasteiger partial charge in [0.25, 0.3) is 0 Å². The van der Waals surface area contributed by atoms with Crippen molar-refractivity contribution >= 4 is 23.2 Å². The molecule has 0 saturated heterocycles. The van der Waals surface area contributed by atoms with Crippen LogP contribution in [0.15, 0.2) is 24.3 Å². The maximum atomic E-state index is 11.8. The molecule has 1 aliphatic carbocycles. The van der Waals surface area contributed by atoms with E-state index in [4.69, 9.17) is 5.73 Å². The van der Waals surface area contributed by atoms with E-state index in [1.165, 1.54) is 0 Å². The second-order valence-electron chi connectivity index (χ2n) is 5.23. The van der Waals surface area contributed by atoms with Gasteiger partial charge in [0, 0.05) is 17.3 Å². The maximum absolute atomic E-state index is 11.8. The monoisotopic (exact) mass is 275 g/mol. The third-order valence-corrected chi connectivity index (χ3v) is 3.30. The molecule has 2 rings (SSSR count). The molecule has 0 radical (unpaired) electrons. The summed E-state index contributed by atoms with van der Waals surface area (Å²) >= 11 is 0. The first kappa shape index (κ1) is 14.5. The second kappa shape index (κ2) is 6.52. The smallest absolute Gasteiger partial charge is 0.241 e. The van der Waals surface area contributed by atoms with Crippen molar-refractivity contribution in [1.82, 2.24) is 0 Å². The van der Waals surface area contributed by atoms with E-state index in [1.54, 1.807) is 24.3 Å². The molecule has 108 valence electrons. The van der Waals surface area contributed by atoms with Crippen molar-refractivity contribution in [2.45, 2.75) is 38.6 Å². The third-order valence-electron chi connectivity index (χ3n) is 3.30. The lowest BCUT2D eigenvalue weighted by Crippen LogP contribution is -2.35. The van der Waals surface area contributed by atoms with Crippen molar-refractivity contribution in [3.05, 3.63) is 24.3 Å². The van der Waals surface area contributed by atoms with Crippen LogP contribution in [0.1, 0.15) is 32.6 Å². The highest BCUT2D eigenvalue weighted by Crippen LogP contribution is 2.30. The number of hydrogen-bond donors (Lipinski definition) is 3. The summed E-state index contributed by atoms with van der Waals surface area (Å²) in [5.74, 6) is 0.0785. The van der Waals surface area contributed by atoms with Crippen molar-refractivity contribution < 1.29 is 9.59 Å². The number of anilines is 2. The van der Waals surface area contributed by atoms with E-state index in [0.717, 1.165) is 24.9 Å². The van der Waals surface area contributed by atoms with Crippen molar-refractivity contribution in [3.63, 3.8) is 0 Å². The van der Waals surface area contributed by atoms with Crippen molar-refractivity contribution in [1.29, 1.82) is 0 Å². The van der Waals surface area contributed by atoms with E-state index >= 15 is 0 Å². The standard InChI is InChI=1S/C15H21N3O2/c1-2-3-13(16)15(20)18-12-8-6-11(7-9-12)17-14(19)10-4-5-10/h6-10,13H,2-5,16H2,1H3,(H,17,19)(H,18,20)/t13-/m0/s1. The van der Waals surface area contributed by atoms with Gasteiger partial charge in [0.15, 0.2) is 0 Å². The molecule has 0 bridgehead atoms. The molecule has 1 aromatic carbocycles.